The molecule has 0 saturated heterocycles. The molecule has 0 unspecified atom stereocenters. The minimum atomic E-state index is -3.07. The van der Waals surface area contributed by atoms with Crippen molar-refractivity contribution >= 4 is 15.8 Å². The van der Waals surface area contributed by atoms with Gasteiger partial charge in [0.25, 0.3) is 0 Å². The van der Waals surface area contributed by atoms with Crippen molar-refractivity contribution in [1.82, 2.24) is 0 Å². The van der Waals surface area contributed by atoms with Crippen LogP contribution in [0.15, 0.2) is 0 Å². The Hall–Kier alpha value is -0.580. The Kier molecular flexibility index (Phi) is 7.38. The van der Waals surface area contributed by atoms with Crippen LogP contribution < -0.4 is 0 Å². The lowest BCUT2D eigenvalue weighted by Gasteiger charge is -2.03. The number of carbonyl (C=O) groups is 1. The van der Waals surface area contributed by atoms with Gasteiger partial charge in [-0.05, 0) is 13.3 Å². The number of sulfone groups is 1. The molecule has 4 nitrogen and oxygen atoms in total. The topological polar surface area (TPSA) is 60.4 Å². The van der Waals surface area contributed by atoms with E-state index in [4.69, 9.17) is 0 Å². The average molecular weight is 236 g/mol. The molecule has 0 aliphatic carbocycles. The summed E-state index contributed by atoms with van der Waals surface area (Å²) in [6.07, 6.45) is 2.57. The minimum absolute atomic E-state index is 0.0255. The lowest BCUT2D eigenvalue weighted by molar-refractivity contribution is -0.142. The van der Waals surface area contributed by atoms with Crippen molar-refractivity contribution < 1.29 is 17.9 Å². The number of hydrogen-bond acceptors (Lipinski definition) is 4. The van der Waals surface area contributed by atoms with Crippen LogP contribution in [0, 0.1) is 0 Å². The number of carbonyl (C=O) groups excluding carboxylic acids is 1. The zero-order valence-corrected chi connectivity index (χ0v) is 10.3. The summed E-state index contributed by atoms with van der Waals surface area (Å²) >= 11 is 0. The number of esters is 1. The Morgan fingerprint density at radius 3 is 2.33 bits per heavy atom. The first-order chi connectivity index (χ1) is 7.02. The van der Waals surface area contributed by atoms with Crippen LogP contribution in [-0.4, -0.2) is 32.5 Å². The summed E-state index contributed by atoms with van der Waals surface area (Å²) < 4.78 is 27.5. The maximum Gasteiger partial charge on any atom is 0.306 e. The van der Waals surface area contributed by atoms with Gasteiger partial charge in [-0.15, -0.1) is 0 Å². The standard InChI is InChI=1S/C10H20O4S/c1-3-5-6-8-15(12,13)9-7-10(11)14-4-2/h3-9H2,1-2H3. The predicted molar refractivity (Wildman–Crippen MR) is 59.4 cm³/mol. The van der Waals surface area contributed by atoms with E-state index in [1.54, 1.807) is 6.92 Å². The van der Waals surface area contributed by atoms with Crippen molar-refractivity contribution in [3.05, 3.63) is 0 Å². The normalized spacial score (nSPS) is 11.3. The van der Waals surface area contributed by atoms with E-state index >= 15 is 0 Å². The molecule has 0 saturated carbocycles. The van der Waals surface area contributed by atoms with Gasteiger partial charge in [0.1, 0.15) is 0 Å². The summed E-state index contributed by atoms with van der Waals surface area (Å²) in [5, 5.41) is 0. The number of unbranched alkanes of at least 4 members (excludes halogenated alkanes) is 2. The van der Waals surface area contributed by atoms with Gasteiger partial charge in [-0.25, -0.2) is 8.42 Å². The van der Waals surface area contributed by atoms with Crippen LogP contribution in [0.1, 0.15) is 39.5 Å². The first-order valence-electron chi connectivity index (χ1n) is 5.38. The SMILES string of the molecule is CCCCCS(=O)(=O)CCC(=O)OCC. The van der Waals surface area contributed by atoms with Gasteiger partial charge in [0.2, 0.25) is 0 Å². The van der Waals surface area contributed by atoms with Gasteiger partial charge in [-0.3, -0.25) is 4.79 Å². The highest BCUT2D eigenvalue weighted by Crippen LogP contribution is 2.02. The van der Waals surface area contributed by atoms with E-state index in [-0.39, 0.29) is 17.9 Å². The zero-order chi connectivity index (χ0) is 11.7. The Morgan fingerprint density at radius 2 is 1.80 bits per heavy atom. The molecule has 0 aliphatic heterocycles. The first kappa shape index (κ1) is 14.4. The van der Waals surface area contributed by atoms with E-state index in [1.165, 1.54) is 0 Å². The molecule has 0 bridgehead atoms. The van der Waals surface area contributed by atoms with Crippen LogP contribution in [-0.2, 0) is 19.4 Å². The molecule has 0 spiro atoms. The van der Waals surface area contributed by atoms with E-state index in [1.807, 2.05) is 6.92 Å². The number of rotatable bonds is 8. The zero-order valence-electron chi connectivity index (χ0n) is 9.49. The van der Waals surface area contributed by atoms with Gasteiger partial charge in [-0.1, -0.05) is 19.8 Å². The van der Waals surface area contributed by atoms with Crippen LogP contribution in [0.3, 0.4) is 0 Å². The van der Waals surface area contributed by atoms with E-state index in [2.05, 4.69) is 4.74 Å². The Bertz CT molecular complexity index is 269. The van der Waals surface area contributed by atoms with Gasteiger partial charge in [0.15, 0.2) is 9.84 Å². The van der Waals surface area contributed by atoms with Crippen LogP contribution in [0.5, 0.6) is 0 Å². The fourth-order valence-corrected chi connectivity index (χ4v) is 2.47. The van der Waals surface area contributed by atoms with E-state index in [0.29, 0.717) is 13.0 Å². The fraction of sp³-hybridized carbons (Fsp3) is 0.900. The molecule has 0 heterocycles. The largest absolute Gasteiger partial charge is 0.466 e. The van der Waals surface area contributed by atoms with Crippen LogP contribution >= 0.6 is 0 Å². The summed E-state index contributed by atoms with van der Waals surface area (Å²) in [4.78, 5) is 10.9. The molecule has 90 valence electrons. The van der Waals surface area contributed by atoms with Gasteiger partial charge >= 0.3 is 5.97 Å². The van der Waals surface area contributed by atoms with E-state index in [9.17, 15) is 13.2 Å². The molecule has 0 aromatic rings. The molecular formula is C10H20O4S. The molecular weight excluding hydrogens is 216 g/mol. The molecule has 0 radical (unpaired) electrons. The van der Waals surface area contributed by atoms with Gasteiger partial charge in [0, 0.05) is 0 Å². The van der Waals surface area contributed by atoms with E-state index in [0.717, 1.165) is 12.8 Å². The van der Waals surface area contributed by atoms with Crippen LogP contribution in [0.2, 0.25) is 0 Å². The molecule has 0 rings (SSSR count). The molecule has 0 fully saturated rings. The maximum atomic E-state index is 11.4. The van der Waals surface area contributed by atoms with Gasteiger partial charge in [0.05, 0.1) is 24.5 Å². The Labute approximate surface area is 91.9 Å². The van der Waals surface area contributed by atoms with Gasteiger partial charge in [-0.2, -0.15) is 0 Å². The first-order valence-corrected chi connectivity index (χ1v) is 7.20. The molecule has 0 atom stereocenters. The van der Waals surface area contributed by atoms with Crippen molar-refractivity contribution in [3.8, 4) is 0 Å². The lowest BCUT2D eigenvalue weighted by atomic mass is 10.3. The summed E-state index contributed by atoms with van der Waals surface area (Å²) in [7, 11) is -3.07. The third-order valence-electron chi connectivity index (χ3n) is 1.98. The summed E-state index contributed by atoms with van der Waals surface area (Å²) in [5.41, 5.74) is 0. The summed E-state index contributed by atoms with van der Waals surface area (Å²) in [6.45, 7) is 4.02. The Balaban J connectivity index is 3.78. The second kappa shape index (κ2) is 7.68. The van der Waals surface area contributed by atoms with Crippen molar-refractivity contribution in [2.24, 2.45) is 0 Å². The highest BCUT2D eigenvalue weighted by molar-refractivity contribution is 7.91. The molecule has 0 amide bonds. The predicted octanol–water partition coefficient (Wildman–Crippen LogP) is 1.54. The maximum absolute atomic E-state index is 11.4. The highest BCUT2D eigenvalue weighted by atomic mass is 32.2. The molecule has 0 aromatic heterocycles. The second-order valence-corrected chi connectivity index (χ2v) is 5.72. The number of hydrogen-bond donors (Lipinski definition) is 0. The van der Waals surface area contributed by atoms with Gasteiger partial charge < -0.3 is 4.74 Å². The lowest BCUT2D eigenvalue weighted by Crippen LogP contribution is -2.16. The Morgan fingerprint density at radius 1 is 1.13 bits per heavy atom. The molecule has 0 N–H and O–H groups in total. The second-order valence-electron chi connectivity index (χ2n) is 3.41. The molecule has 5 heteroatoms. The minimum Gasteiger partial charge on any atom is -0.466 e. The molecule has 0 aliphatic rings. The van der Waals surface area contributed by atoms with Crippen molar-refractivity contribution in [2.75, 3.05) is 18.1 Å². The third-order valence-corrected chi connectivity index (χ3v) is 3.72. The molecule has 15 heavy (non-hydrogen) atoms. The third kappa shape index (κ3) is 8.42. The van der Waals surface area contributed by atoms with Crippen molar-refractivity contribution in [2.45, 2.75) is 39.5 Å². The highest BCUT2D eigenvalue weighted by Gasteiger charge is 2.13. The fourth-order valence-electron chi connectivity index (χ4n) is 1.15. The van der Waals surface area contributed by atoms with Crippen molar-refractivity contribution in [1.29, 1.82) is 0 Å². The smallest absolute Gasteiger partial charge is 0.306 e. The number of ether oxygens (including phenoxy) is 1. The van der Waals surface area contributed by atoms with Crippen LogP contribution in [0.4, 0.5) is 0 Å². The quantitative estimate of drug-likeness (QED) is 0.474. The average Bonchev–Trinajstić information content (AvgIpc) is 2.16. The van der Waals surface area contributed by atoms with Crippen molar-refractivity contribution in [3.63, 3.8) is 0 Å². The van der Waals surface area contributed by atoms with E-state index < -0.39 is 15.8 Å². The summed E-state index contributed by atoms with van der Waals surface area (Å²) in [6, 6.07) is 0. The summed E-state index contributed by atoms with van der Waals surface area (Å²) in [5.74, 6) is -0.341. The molecule has 0 aromatic carbocycles. The van der Waals surface area contributed by atoms with Crippen LogP contribution in [0.25, 0.3) is 0 Å². The monoisotopic (exact) mass is 236 g/mol.